The summed E-state index contributed by atoms with van der Waals surface area (Å²) in [6.07, 6.45) is 0.313. The van der Waals surface area contributed by atoms with Crippen LogP contribution in [0.1, 0.15) is 21.7 Å². The Morgan fingerprint density at radius 1 is 1.38 bits per heavy atom. The zero-order valence-corrected chi connectivity index (χ0v) is 8.47. The second-order valence-corrected chi connectivity index (χ2v) is 3.36. The number of ketones is 1. The van der Waals surface area contributed by atoms with Crippen molar-refractivity contribution in [2.75, 3.05) is 0 Å². The summed E-state index contributed by atoms with van der Waals surface area (Å²) in [4.78, 5) is 11.8. The molecular weight excluding hydrogens is 202 g/mol. The molecule has 0 saturated carbocycles. The molecule has 0 aliphatic rings. The van der Waals surface area contributed by atoms with Crippen LogP contribution in [0.5, 0.6) is 0 Å². The predicted octanol–water partition coefficient (Wildman–Crippen LogP) is 1.71. The molecule has 1 aromatic carbocycles. The topological polar surface area (TPSA) is 69.5 Å². The van der Waals surface area contributed by atoms with Crippen molar-refractivity contribution in [3.05, 3.63) is 53.3 Å². The van der Waals surface area contributed by atoms with Crippen LogP contribution in [0.15, 0.2) is 36.4 Å². The number of rotatable bonds is 3. The molecule has 0 fully saturated rings. The number of nitriles is 1. The number of benzene rings is 1. The van der Waals surface area contributed by atoms with Gasteiger partial charge in [-0.2, -0.15) is 10.4 Å². The van der Waals surface area contributed by atoms with E-state index in [1.165, 1.54) is 6.07 Å². The number of hydrogen-bond donors (Lipinski definition) is 1. The number of aromatic amines is 1. The summed E-state index contributed by atoms with van der Waals surface area (Å²) in [7, 11) is 0. The van der Waals surface area contributed by atoms with Gasteiger partial charge in [0, 0.05) is 12.5 Å². The van der Waals surface area contributed by atoms with Crippen molar-refractivity contribution in [3.8, 4) is 6.07 Å². The molecule has 2 aromatic rings. The van der Waals surface area contributed by atoms with Crippen LogP contribution in [0.25, 0.3) is 0 Å². The van der Waals surface area contributed by atoms with Gasteiger partial charge in [-0.1, -0.05) is 30.3 Å². The fraction of sp³-hybridized carbons (Fsp3) is 0.0833. The second kappa shape index (κ2) is 4.41. The van der Waals surface area contributed by atoms with E-state index in [-0.39, 0.29) is 11.5 Å². The van der Waals surface area contributed by atoms with Crippen LogP contribution in [0.3, 0.4) is 0 Å². The van der Waals surface area contributed by atoms with E-state index in [0.717, 1.165) is 5.56 Å². The molecule has 0 aliphatic carbocycles. The van der Waals surface area contributed by atoms with E-state index in [9.17, 15) is 4.79 Å². The van der Waals surface area contributed by atoms with Crippen molar-refractivity contribution < 1.29 is 4.79 Å². The molecule has 16 heavy (non-hydrogen) atoms. The van der Waals surface area contributed by atoms with Gasteiger partial charge in [-0.05, 0) is 5.56 Å². The lowest BCUT2D eigenvalue weighted by molar-refractivity contribution is 0.0988. The van der Waals surface area contributed by atoms with Crippen molar-refractivity contribution in [2.24, 2.45) is 0 Å². The van der Waals surface area contributed by atoms with Crippen LogP contribution >= 0.6 is 0 Å². The molecule has 0 radical (unpaired) electrons. The lowest BCUT2D eigenvalue weighted by Gasteiger charge is -1.97. The number of nitrogens with one attached hydrogen (secondary N) is 1. The molecule has 0 spiro atoms. The van der Waals surface area contributed by atoms with Crippen molar-refractivity contribution in [1.82, 2.24) is 10.2 Å². The van der Waals surface area contributed by atoms with E-state index in [2.05, 4.69) is 10.2 Å². The number of carbonyl (C=O) groups is 1. The highest BCUT2D eigenvalue weighted by molar-refractivity contribution is 5.95. The Bertz CT molecular complexity index is 537. The first-order valence-corrected chi connectivity index (χ1v) is 4.82. The standard InChI is InChI=1S/C12H9N3O/c13-8-10-7-11(15-14-10)12(16)6-9-4-2-1-3-5-9/h1-5,7H,6H2,(H,14,15). The number of hydrogen-bond acceptors (Lipinski definition) is 3. The Labute approximate surface area is 92.5 Å². The fourth-order valence-corrected chi connectivity index (χ4v) is 1.40. The molecule has 78 valence electrons. The maximum absolute atomic E-state index is 11.8. The van der Waals surface area contributed by atoms with Crippen LogP contribution in [0, 0.1) is 11.3 Å². The van der Waals surface area contributed by atoms with Gasteiger partial charge in [0.15, 0.2) is 11.5 Å². The Morgan fingerprint density at radius 3 is 2.75 bits per heavy atom. The molecule has 0 atom stereocenters. The lowest BCUT2D eigenvalue weighted by Crippen LogP contribution is -2.03. The molecule has 1 aromatic heterocycles. The predicted molar refractivity (Wildman–Crippen MR) is 57.8 cm³/mol. The van der Waals surface area contributed by atoms with Crippen LogP contribution < -0.4 is 0 Å². The van der Waals surface area contributed by atoms with E-state index in [4.69, 9.17) is 5.26 Å². The largest absolute Gasteiger partial charge is 0.292 e. The SMILES string of the molecule is N#Cc1cc(C(=O)Cc2ccccc2)[nH]n1. The highest BCUT2D eigenvalue weighted by atomic mass is 16.1. The van der Waals surface area contributed by atoms with Crippen LogP contribution in [0.4, 0.5) is 0 Å². The molecule has 2 rings (SSSR count). The molecular formula is C12H9N3O. The molecule has 0 amide bonds. The number of nitrogens with zero attached hydrogens (tertiary/aromatic N) is 2. The van der Waals surface area contributed by atoms with Crippen molar-refractivity contribution >= 4 is 5.78 Å². The van der Waals surface area contributed by atoms with Crippen LogP contribution in [-0.2, 0) is 6.42 Å². The molecule has 0 bridgehead atoms. The van der Waals surface area contributed by atoms with Crippen LogP contribution in [-0.4, -0.2) is 16.0 Å². The van der Waals surface area contributed by atoms with Gasteiger partial charge < -0.3 is 0 Å². The first kappa shape index (κ1) is 10.1. The van der Waals surface area contributed by atoms with Gasteiger partial charge in [-0.15, -0.1) is 0 Å². The number of Topliss-reactive ketones (excluding diaryl/α,β-unsaturated/α-hetero) is 1. The summed E-state index contributed by atoms with van der Waals surface area (Å²) in [5.74, 6) is -0.0693. The van der Waals surface area contributed by atoms with Gasteiger partial charge in [0.2, 0.25) is 0 Å². The summed E-state index contributed by atoms with van der Waals surface area (Å²) in [5, 5.41) is 14.8. The molecule has 0 saturated heterocycles. The van der Waals surface area contributed by atoms with Gasteiger partial charge in [0.25, 0.3) is 0 Å². The number of H-pyrrole nitrogens is 1. The average Bonchev–Trinajstić information content (AvgIpc) is 2.79. The summed E-state index contributed by atoms with van der Waals surface area (Å²) in [5.41, 5.74) is 1.55. The monoisotopic (exact) mass is 211 g/mol. The quantitative estimate of drug-likeness (QED) is 0.785. The summed E-state index contributed by atoms with van der Waals surface area (Å²) in [6.45, 7) is 0. The van der Waals surface area contributed by atoms with E-state index in [0.29, 0.717) is 12.1 Å². The molecule has 0 unspecified atom stereocenters. The average molecular weight is 211 g/mol. The summed E-state index contributed by atoms with van der Waals surface area (Å²) in [6, 6.07) is 12.8. The van der Waals surface area contributed by atoms with E-state index in [1.807, 2.05) is 36.4 Å². The minimum absolute atomic E-state index is 0.0693. The molecule has 4 nitrogen and oxygen atoms in total. The maximum atomic E-state index is 11.8. The normalized spacial score (nSPS) is 9.69. The molecule has 1 N–H and O–H groups in total. The lowest BCUT2D eigenvalue weighted by atomic mass is 10.1. The first-order chi connectivity index (χ1) is 7.79. The Kier molecular flexibility index (Phi) is 2.79. The summed E-state index contributed by atoms with van der Waals surface area (Å²) >= 11 is 0. The third-order valence-electron chi connectivity index (χ3n) is 2.20. The van der Waals surface area contributed by atoms with E-state index in [1.54, 1.807) is 0 Å². The van der Waals surface area contributed by atoms with Crippen molar-refractivity contribution in [3.63, 3.8) is 0 Å². The Balaban J connectivity index is 2.12. The van der Waals surface area contributed by atoms with Gasteiger partial charge in [0.1, 0.15) is 11.8 Å². The van der Waals surface area contributed by atoms with E-state index >= 15 is 0 Å². The zero-order valence-electron chi connectivity index (χ0n) is 8.47. The fourth-order valence-electron chi connectivity index (χ4n) is 1.40. The first-order valence-electron chi connectivity index (χ1n) is 4.82. The Morgan fingerprint density at radius 2 is 2.12 bits per heavy atom. The molecule has 0 aliphatic heterocycles. The Hall–Kier alpha value is -2.41. The van der Waals surface area contributed by atoms with Gasteiger partial charge in [0.05, 0.1) is 0 Å². The van der Waals surface area contributed by atoms with Gasteiger partial charge >= 0.3 is 0 Å². The van der Waals surface area contributed by atoms with Crippen molar-refractivity contribution in [2.45, 2.75) is 6.42 Å². The highest BCUT2D eigenvalue weighted by Crippen LogP contribution is 2.06. The van der Waals surface area contributed by atoms with Crippen molar-refractivity contribution in [1.29, 1.82) is 5.26 Å². The number of aromatic nitrogens is 2. The minimum atomic E-state index is -0.0693. The third-order valence-corrected chi connectivity index (χ3v) is 2.20. The second-order valence-electron chi connectivity index (χ2n) is 3.36. The molecule has 4 heteroatoms. The van der Waals surface area contributed by atoms with E-state index < -0.39 is 0 Å². The van der Waals surface area contributed by atoms with Crippen LogP contribution in [0.2, 0.25) is 0 Å². The highest BCUT2D eigenvalue weighted by Gasteiger charge is 2.10. The number of carbonyl (C=O) groups excluding carboxylic acids is 1. The smallest absolute Gasteiger partial charge is 0.184 e. The summed E-state index contributed by atoms with van der Waals surface area (Å²) < 4.78 is 0. The van der Waals surface area contributed by atoms with Gasteiger partial charge in [-0.25, -0.2) is 0 Å². The minimum Gasteiger partial charge on any atom is -0.292 e. The van der Waals surface area contributed by atoms with Gasteiger partial charge in [-0.3, -0.25) is 9.89 Å². The molecule has 1 heterocycles. The zero-order chi connectivity index (χ0) is 11.4. The maximum Gasteiger partial charge on any atom is 0.184 e. The third kappa shape index (κ3) is 2.15.